The zero-order valence-electron chi connectivity index (χ0n) is 11.3. The van der Waals surface area contributed by atoms with Gasteiger partial charge in [0.25, 0.3) is 0 Å². The van der Waals surface area contributed by atoms with Crippen LogP contribution in [0, 0.1) is 17.8 Å². The maximum Gasteiger partial charge on any atom is 0.132 e. The minimum atomic E-state index is 0.426. The van der Waals surface area contributed by atoms with Gasteiger partial charge >= 0.3 is 0 Å². The van der Waals surface area contributed by atoms with E-state index < -0.39 is 0 Å². The second-order valence-electron chi connectivity index (χ2n) is 5.97. The van der Waals surface area contributed by atoms with E-state index >= 15 is 0 Å². The van der Waals surface area contributed by atoms with E-state index in [0.29, 0.717) is 24.2 Å². The third-order valence-corrected chi connectivity index (χ3v) is 4.73. The summed E-state index contributed by atoms with van der Waals surface area (Å²) in [4.78, 5) is 11.5. The molecule has 0 aromatic heterocycles. The Hall–Kier alpha value is -0.370. The van der Waals surface area contributed by atoms with Gasteiger partial charge in [-0.25, -0.2) is 0 Å². The van der Waals surface area contributed by atoms with Crippen LogP contribution >= 0.6 is 0 Å². The molecule has 1 aliphatic heterocycles. The van der Waals surface area contributed by atoms with Crippen LogP contribution in [0.25, 0.3) is 0 Å². The molecule has 4 atom stereocenters. The summed E-state index contributed by atoms with van der Waals surface area (Å²) in [5, 5.41) is 0. The first-order chi connectivity index (χ1) is 8.20. The minimum Gasteiger partial charge on any atom is -0.378 e. The van der Waals surface area contributed by atoms with E-state index in [1.807, 2.05) is 6.92 Å². The highest BCUT2D eigenvalue weighted by atomic mass is 16.5. The van der Waals surface area contributed by atoms with Crippen LogP contribution in [-0.2, 0) is 9.53 Å². The van der Waals surface area contributed by atoms with Crippen molar-refractivity contribution >= 4 is 5.78 Å². The molecule has 0 aromatic carbocycles. The van der Waals surface area contributed by atoms with Crippen molar-refractivity contribution in [3.63, 3.8) is 0 Å². The first-order valence-electron chi connectivity index (χ1n) is 7.34. The summed E-state index contributed by atoms with van der Waals surface area (Å²) in [6.07, 6.45) is 8.09. The van der Waals surface area contributed by atoms with Gasteiger partial charge in [0.15, 0.2) is 0 Å². The molecule has 1 saturated heterocycles. The largest absolute Gasteiger partial charge is 0.378 e. The molecule has 0 bridgehead atoms. The lowest BCUT2D eigenvalue weighted by molar-refractivity contribution is -0.120. The number of hydrogen-bond acceptors (Lipinski definition) is 2. The zero-order valence-corrected chi connectivity index (χ0v) is 11.3. The number of carbonyl (C=O) groups is 1. The van der Waals surface area contributed by atoms with Crippen molar-refractivity contribution < 1.29 is 9.53 Å². The number of carbonyl (C=O) groups excluding carboxylic acids is 1. The second kappa shape index (κ2) is 5.99. The quantitative estimate of drug-likeness (QED) is 0.751. The van der Waals surface area contributed by atoms with Gasteiger partial charge in [0.05, 0.1) is 6.10 Å². The van der Waals surface area contributed by atoms with E-state index in [1.54, 1.807) is 0 Å². The van der Waals surface area contributed by atoms with Crippen LogP contribution in [0.4, 0.5) is 0 Å². The molecule has 2 fully saturated rings. The Labute approximate surface area is 105 Å². The van der Waals surface area contributed by atoms with Gasteiger partial charge in [0, 0.05) is 19.4 Å². The SMILES string of the molecule is CCC(=O)C[C@H]1CC[C@@H]2C(C1)OCCC[C@@H]2C. The predicted molar refractivity (Wildman–Crippen MR) is 68.9 cm³/mol. The molecule has 2 heteroatoms. The van der Waals surface area contributed by atoms with Gasteiger partial charge in [-0.2, -0.15) is 0 Å². The molecule has 2 aliphatic rings. The Bertz CT molecular complexity index is 262. The van der Waals surface area contributed by atoms with Crippen molar-refractivity contribution in [1.82, 2.24) is 0 Å². The molecular weight excluding hydrogens is 212 g/mol. The van der Waals surface area contributed by atoms with Crippen molar-refractivity contribution in [2.24, 2.45) is 17.8 Å². The number of rotatable bonds is 3. The topological polar surface area (TPSA) is 26.3 Å². The summed E-state index contributed by atoms with van der Waals surface area (Å²) in [5.41, 5.74) is 0. The molecule has 2 nitrogen and oxygen atoms in total. The molecule has 0 amide bonds. The highest BCUT2D eigenvalue weighted by molar-refractivity contribution is 5.78. The molecular formula is C15H26O2. The van der Waals surface area contributed by atoms with E-state index in [2.05, 4.69) is 6.92 Å². The highest BCUT2D eigenvalue weighted by Crippen LogP contribution is 2.40. The van der Waals surface area contributed by atoms with Crippen molar-refractivity contribution in [2.45, 2.75) is 64.9 Å². The Kier molecular flexibility index (Phi) is 4.61. The lowest BCUT2D eigenvalue weighted by Crippen LogP contribution is -2.34. The van der Waals surface area contributed by atoms with E-state index in [0.717, 1.165) is 31.3 Å². The van der Waals surface area contributed by atoms with Crippen LogP contribution in [-0.4, -0.2) is 18.5 Å². The minimum absolute atomic E-state index is 0.426. The van der Waals surface area contributed by atoms with Crippen molar-refractivity contribution in [2.75, 3.05) is 6.61 Å². The first-order valence-corrected chi connectivity index (χ1v) is 7.34. The first kappa shape index (κ1) is 13.1. The molecule has 0 N–H and O–H groups in total. The van der Waals surface area contributed by atoms with Crippen LogP contribution in [0.2, 0.25) is 0 Å². The Balaban J connectivity index is 1.91. The lowest BCUT2D eigenvalue weighted by atomic mass is 9.72. The van der Waals surface area contributed by atoms with Gasteiger partial charge in [-0.3, -0.25) is 4.79 Å². The molecule has 17 heavy (non-hydrogen) atoms. The van der Waals surface area contributed by atoms with E-state index in [4.69, 9.17) is 4.74 Å². The fraction of sp³-hybridized carbons (Fsp3) is 0.933. The van der Waals surface area contributed by atoms with Crippen LogP contribution in [0.1, 0.15) is 58.8 Å². The van der Waals surface area contributed by atoms with Gasteiger partial charge in [-0.15, -0.1) is 0 Å². The zero-order chi connectivity index (χ0) is 12.3. The van der Waals surface area contributed by atoms with Gasteiger partial charge < -0.3 is 4.74 Å². The summed E-state index contributed by atoms with van der Waals surface area (Å²) in [6.45, 7) is 5.28. The summed E-state index contributed by atoms with van der Waals surface area (Å²) >= 11 is 0. The number of fused-ring (bicyclic) bond motifs is 1. The summed E-state index contributed by atoms with van der Waals surface area (Å²) in [7, 11) is 0. The summed E-state index contributed by atoms with van der Waals surface area (Å²) in [5.74, 6) is 2.58. The van der Waals surface area contributed by atoms with Crippen molar-refractivity contribution in [1.29, 1.82) is 0 Å². The molecule has 0 aromatic rings. The van der Waals surface area contributed by atoms with E-state index in [9.17, 15) is 4.79 Å². The Morgan fingerprint density at radius 2 is 2.12 bits per heavy atom. The molecule has 2 rings (SSSR count). The summed E-state index contributed by atoms with van der Waals surface area (Å²) in [6, 6.07) is 0. The predicted octanol–water partition coefficient (Wildman–Crippen LogP) is 3.59. The molecule has 0 radical (unpaired) electrons. The normalized spacial score (nSPS) is 38.2. The summed E-state index contributed by atoms with van der Waals surface area (Å²) < 4.78 is 6.01. The fourth-order valence-corrected chi connectivity index (χ4v) is 3.58. The van der Waals surface area contributed by atoms with Crippen LogP contribution in [0.15, 0.2) is 0 Å². The second-order valence-corrected chi connectivity index (χ2v) is 5.97. The average Bonchev–Trinajstić information content (AvgIpc) is 2.51. The molecule has 1 saturated carbocycles. The third kappa shape index (κ3) is 3.31. The maximum absolute atomic E-state index is 11.5. The maximum atomic E-state index is 11.5. The average molecular weight is 238 g/mol. The van der Waals surface area contributed by atoms with Crippen molar-refractivity contribution in [3.05, 3.63) is 0 Å². The molecule has 0 spiro atoms. The van der Waals surface area contributed by atoms with Gasteiger partial charge in [0.2, 0.25) is 0 Å². The van der Waals surface area contributed by atoms with Crippen LogP contribution in [0.3, 0.4) is 0 Å². The number of Topliss-reactive ketones (excluding diaryl/α,β-unsaturated/α-hetero) is 1. The Morgan fingerprint density at radius 3 is 2.88 bits per heavy atom. The van der Waals surface area contributed by atoms with Crippen LogP contribution < -0.4 is 0 Å². The lowest BCUT2D eigenvalue weighted by Gasteiger charge is -2.37. The fourth-order valence-electron chi connectivity index (χ4n) is 3.58. The van der Waals surface area contributed by atoms with Crippen molar-refractivity contribution in [3.8, 4) is 0 Å². The molecule has 1 heterocycles. The van der Waals surface area contributed by atoms with E-state index in [-0.39, 0.29) is 0 Å². The molecule has 98 valence electrons. The Morgan fingerprint density at radius 1 is 1.29 bits per heavy atom. The molecule has 1 unspecified atom stereocenters. The standard InChI is InChI=1S/C15H26O2/c1-3-13(16)9-12-6-7-14-11(2)5-4-8-17-15(14)10-12/h11-12,14-15H,3-10H2,1-2H3/t11-,12+,14-,15?/m0/s1. The molecule has 1 aliphatic carbocycles. The monoisotopic (exact) mass is 238 g/mol. The van der Waals surface area contributed by atoms with Gasteiger partial charge in [0.1, 0.15) is 5.78 Å². The smallest absolute Gasteiger partial charge is 0.132 e. The van der Waals surface area contributed by atoms with Gasteiger partial charge in [-0.05, 0) is 49.9 Å². The number of ether oxygens (including phenoxy) is 1. The van der Waals surface area contributed by atoms with E-state index in [1.165, 1.54) is 25.7 Å². The van der Waals surface area contributed by atoms with Gasteiger partial charge in [-0.1, -0.05) is 13.8 Å². The third-order valence-electron chi connectivity index (χ3n) is 4.73. The number of ketones is 1. The number of hydrogen-bond donors (Lipinski definition) is 0. The van der Waals surface area contributed by atoms with Crippen LogP contribution in [0.5, 0.6) is 0 Å². The highest BCUT2D eigenvalue weighted by Gasteiger charge is 2.36.